The number of ether oxygens (including phenoxy) is 1. The molecule has 19 heavy (non-hydrogen) atoms. The van der Waals surface area contributed by atoms with Gasteiger partial charge in [0.05, 0.1) is 6.10 Å². The normalized spacial score (nSPS) is 16.3. The van der Waals surface area contributed by atoms with Gasteiger partial charge in [0.15, 0.2) is 12.4 Å². The molecule has 1 aliphatic rings. The van der Waals surface area contributed by atoms with Crippen LogP contribution in [-0.2, 0) is 6.61 Å². The van der Waals surface area contributed by atoms with Crippen LogP contribution in [0.5, 0.6) is 5.75 Å². The van der Waals surface area contributed by atoms with Crippen LogP contribution >= 0.6 is 0 Å². The van der Waals surface area contributed by atoms with Crippen molar-refractivity contribution >= 4 is 0 Å². The summed E-state index contributed by atoms with van der Waals surface area (Å²) >= 11 is 0. The second-order valence-electron chi connectivity index (χ2n) is 4.82. The fourth-order valence-electron chi connectivity index (χ4n) is 1.93. The molecule has 0 spiro atoms. The van der Waals surface area contributed by atoms with Crippen molar-refractivity contribution in [3.8, 4) is 5.75 Å². The second-order valence-corrected chi connectivity index (χ2v) is 4.82. The Kier molecular flexibility index (Phi) is 3.21. The molecule has 1 aromatic heterocycles. The quantitative estimate of drug-likeness (QED) is 0.894. The van der Waals surface area contributed by atoms with Gasteiger partial charge in [0.1, 0.15) is 5.75 Å². The van der Waals surface area contributed by atoms with Gasteiger partial charge >= 0.3 is 0 Å². The van der Waals surface area contributed by atoms with E-state index >= 15 is 0 Å². The molecule has 0 saturated heterocycles. The molecule has 1 fully saturated rings. The maximum atomic E-state index is 9.66. The van der Waals surface area contributed by atoms with Gasteiger partial charge in [-0.05, 0) is 25.8 Å². The van der Waals surface area contributed by atoms with Crippen LogP contribution in [0, 0.1) is 0 Å². The number of nitrogens with zero attached hydrogens (tertiary/aromatic N) is 2. The summed E-state index contributed by atoms with van der Waals surface area (Å²) in [6, 6.07) is 7.39. The molecule has 5 nitrogen and oxygen atoms in total. The maximum Gasteiger partial charge on any atom is 0.264 e. The lowest BCUT2D eigenvalue weighted by atomic mass is 10.1. The number of hydrogen-bond acceptors (Lipinski definition) is 5. The van der Waals surface area contributed by atoms with Gasteiger partial charge in [-0.25, -0.2) is 0 Å². The number of hydrogen-bond donors (Lipinski definition) is 1. The molecular formula is C14H16N2O3. The van der Waals surface area contributed by atoms with Gasteiger partial charge in [0.2, 0.25) is 0 Å². The number of aromatic nitrogens is 2. The minimum absolute atomic E-state index is 0.226. The van der Waals surface area contributed by atoms with Crippen LogP contribution in [0.1, 0.15) is 49.1 Å². The molecular weight excluding hydrogens is 244 g/mol. The first-order chi connectivity index (χ1) is 9.24. The standard InChI is InChI=1S/C14H16N2O3/c1-9(17)11-4-2-3-5-12(11)18-8-13-15-14(16-19-13)10-6-7-10/h2-5,9-10,17H,6-8H2,1H3/t9-/m1/s1. The number of aliphatic hydroxyl groups is 1. The Balaban J connectivity index is 1.67. The average molecular weight is 260 g/mol. The van der Waals surface area contributed by atoms with E-state index in [-0.39, 0.29) is 6.61 Å². The van der Waals surface area contributed by atoms with E-state index in [9.17, 15) is 5.11 Å². The Hall–Kier alpha value is -1.88. The van der Waals surface area contributed by atoms with Gasteiger partial charge in [-0.1, -0.05) is 23.4 Å². The third-order valence-electron chi connectivity index (χ3n) is 3.15. The summed E-state index contributed by atoms with van der Waals surface area (Å²) in [5.74, 6) is 2.37. The average Bonchev–Trinajstić information content (AvgIpc) is 3.16. The van der Waals surface area contributed by atoms with E-state index in [0.29, 0.717) is 17.6 Å². The van der Waals surface area contributed by atoms with E-state index in [4.69, 9.17) is 9.26 Å². The molecule has 1 aromatic carbocycles. The highest BCUT2D eigenvalue weighted by Gasteiger charge is 2.28. The highest BCUT2D eigenvalue weighted by Crippen LogP contribution is 2.38. The van der Waals surface area contributed by atoms with Gasteiger partial charge in [-0.3, -0.25) is 0 Å². The van der Waals surface area contributed by atoms with Crippen molar-refractivity contribution in [2.45, 2.75) is 38.4 Å². The van der Waals surface area contributed by atoms with Crippen LogP contribution in [-0.4, -0.2) is 15.2 Å². The smallest absolute Gasteiger partial charge is 0.264 e. The summed E-state index contributed by atoms with van der Waals surface area (Å²) in [6.45, 7) is 1.93. The Morgan fingerprint density at radius 1 is 1.42 bits per heavy atom. The Labute approximate surface area is 111 Å². The Morgan fingerprint density at radius 3 is 2.95 bits per heavy atom. The van der Waals surface area contributed by atoms with Gasteiger partial charge in [-0.15, -0.1) is 0 Å². The number of aliphatic hydroxyl groups excluding tert-OH is 1. The zero-order valence-electron chi connectivity index (χ0n) is 10.7. The topological polar surface area (TPSA) is 68.4 Å². The van der Waals surface area contributed by atoms with Crippen molar-refractivity contribution in [1.82, 2.24) is 10.1 Å². The van der Waals surface area contributed by atoms with Crippen LogP contribution in [0.4, 0.5) is 0 Å². The molecule has 0 bridgehead atoms. The van der Waals surface area contributed by atoms with Gasteiger partial charge < -0.3 is 14.4 Å². The molecule has 2 aromatic rings. The molecule has 5 heteroatoms. The van der Waals surface area contributed by atoms with Gasteiger partial charge in [0.25, 0.3) is 5.89 Å². The zero-order valence-corrected chi connectivity index (χ0v) is 10.7. The van der Waals surface area contributed by atoms with E-state index in [1.807, 2.05) is 24.3 Å². The minimum atomic E-state index is -0.569. The third-order valence-corrected chi connectivity index (χ3v) is 3.15. The Bertz CT molecular complexity index is 561. The van der Waals surface area contributed by atoms with Crippen molar-refractivity contribution in [2.24, 2.45) is 0 Å². The van der Waals surface area contributed by atoms with E-state index in [2.05, 4.69) is 10.1 Å². The molecule has 1 aliphatic carbocycles. The monoisotopic (exact) mass is 260 g/mol. The van der Waals surface area contributed by atoms with Crippen molar-refractivity contribution in [2.75, 3.05) is 0 Å². The first-order valence-electron chi connectivity index (χ1n) is 6.46. The fraction of sp³-hybridized carbons (Fsp3) is 0.429. The lowest BCUT2D eigenvalue weighted by Gasteiger charge is -2.11. The second kappa shape index (κ2) is 5.01. The van der Waals surface area contributed by atoms with Crippen LogP contribution in [0.2, 0.25) is 0 Å². The highest BCUT2D eigenvalue weighted by atomic mass is 16.5. The van der Waals surface area contributed by atoms with Crippen molar-refractivity contribution in [1.29, 1.82) is 0 Å². The SMILES string of the molecule is C[C@@H](O)c1ccccc1OCc1nc(C2CC2)no1. The molecule has 1 saturated carbocycles. The number of benzene rings is 1. The molecule has 3 rings (SSSR count). The summed E-state index contributed by atoms with van der Waals surface area (Å²) in [4.78, 5) is 4.30. The predicted molar refractivity (Wildman–Crippen MR) is 67.7 cm³/mol. The molecule has 1 N–H and O–H groups in total. The van der Waals surface area contributed by atoms with Gasteiger partial charge in [-0.2, -0.15) is 4.98 Å². The summed E-state index contributed by atoms with van der Waals surface area (Å²) < 4.78 is 10.8. The lowest BCUT2D eigenvalue weighted by molar-refractivity contribution is 0.185. The molecule has 0 unspecified atom stereocenters. The Morgan fingerprint density at radius 2 is 2.21 bits per heavy atom. The van der Waals surface area contributed by atoms with Crippen LogP contribution < -0.4 is 4.74 Å². The first kappa shape index (κ1) is 12.2. The summed E-state index contributed by atoms with van der Waals surface area (Å²) in [6.07, 6.45) is 1.72. The van der Waals surface area contributed by atoms with Gasteiger partial charge in [0, 0.05) is 11.5 Å². The van der Waals surface area contributed by atoms with Crippen LogP contribution in [0.15, 0.2) is 28.8 Å². The molecule has 1 atom stereocenters. The van der Waals surface area contributed by atoms with E-state index in [0.717, 1.165) is 24.2 Å². The zero-order chi connectivity index (χ0) is 13.2. The number of para-hydroxylation sites is 1. The van der Waals surface area contributed by atoms with Crippen molar-refractivity contribution < 1.29 is 14.4 Å². The van der Waals surface area contributed by atoms with Crippen molar-refractivity contribution in [3.05, 3.63) is 41.5 Å². The van der Waals surface area contributed by atoms with Crippen LogP contribution in [0.25, 0.3) is 0 Å². The predicted octanol–water partition coefficient (Wildman–Crippen LogP) is 2.58. The van der Waals surface area contributed by atoms with Crippen LogP contribution in [0.3, 0.4) is 0 Å². The molecule has 1 heterocycles. The summed E-state index contributed by atoms with van der Waals surface area (Å²) in [5.41, 5.74) is 0.754. The van der Waals surface area contributed by atoms with Crippen molar-refractivity contribution in [3.63, 3.8) is 0 Å². The fourth-order valence-corrected chi connectivity index (χ4v) is 1.93. The minimum Gasteiger partial charge on any atom is -0.483 e. The molecule has 0 aliphatic heterocycles. The summed E-state index contributed by atoms with van der Waals surface area (Å²) in [5, 5.41) is 13.6. The third kappa shape index (κ3) is 2.76. The molecule has 100 valence electrons. The lowest BCUT2D eigenvalue weighted by Crippen LogP contribution is -2.01. The van der Waals surface area contributed by atoms with E-state index < -0.39 is 6.10 Å². The maximum absolute atomic E-state index is 9.66. The van der Waals surface area contributed by atoms with E-state index in [1.54, 1.807) is 6.92 Å². The summed E-state index contributed by atoms with van der Waals surface area (Å²) in [7, 11) is 0. The highest BCUT2D eigenvalue weighted by molar-refractivity contribution is 5.34. The number of rotatable bonds is 5. The van der Waals surface area contributed by atoms with E-state index in [1.165, 1.54) is 0 Å². The first-order valence-corrected chi connectivity index (χ1v) is 6.46. The molecule has 0 radical (unpaired) electrons. The largest absolute Gasteiger partial charge is 0.483 e. The molecule has 0 amide bonds.